The number of benzene rings is 2. The maximum Gasteiger partial charge on any atom is 0.307 e. The molecule has 1 saturated carbocycles. The van der Waals surface area contributed by atoms with Crippen molar-refractivity contribution in [1.82, 2.24) is 4.98 Å². The van der Waals surface area contributed by atoms with E-state index in [4.69, 9.17) is 4.74 Å². The van der Waals surface area contributed by atoms with Crippen LogP contribution in [0.3, 0.4) is 0 Å². The Balaban J connectivity index is 1.49. The predicted octanol–water partition coefficient (Wildman–Crippen LogP) is 6.77. The average Bonchev–Trinajstić information content (AvgIpc) is 3.73. The fraction of sp³-hybridized carbons (Fsp3) is 0.333. The molecule has 0 bridgehead atoms. The number of hydrogen-bond donors (Lipinski definition) is 1. The van der Waals surface area contributed by atoms with E-state index in [1.807, 2.05) is 25.1 Å². The molecule has 2 atom stereocenters. The normalized spacial score (nSPS) is 17.7. The zero-order valence-corrected chi connectivity index (χ0v) is 20.3. The van der Waals surface area contributed by atoms with Crippen molar-refractivity contribution in [2.45, 2.75) is 44.9 Å². The van der Waals surface area contributed by atoms with Crippen LogP contribution >= 0.6 is 0 Å². The highest BCUT2D eigenvalue weighted by atomic mass is 19.1. The van der Waals surface area contributed by atoms with Crippen LogP contribution in [0.5, 0.6) is 5.88 Å². The van der Waals surface area contributed by atoms with Gasteiger partial charge in [0.25, 0.3) is 0 Å². The van der Waals surface area contributed by atoms with Gasteiger partial charge in [-0.15, -0.1) is 0 Å². The van der Waals surface area contributed by atoms with Crippen molar-refractivity contribution in [3.63, 3.8) is 0 Å². The fourth-order valence-electron chi connectivity index (χ4n) is 5.47. The van der Waals surface area contributed by atoms with E-state index in [9.17, 15) is 9.90 Å². The largest absolute Gasteiger partial charge is 0.481 e. The predicted molar refractivity (Wildman–Crippen MR) is 136 cm³/mol. The van der Waals surface area contributed by atoms with E-state index in [1.54, 1.807) is 25.4 Å². The number of carboxylic acid groups (broad SMARTS) is 1. The Morgan fingerprint density at radius 1 is 1.11 bits per heavy atom. The van der Waals surface area contributed by atoms with Crippen LogP contribution in [-0.2, 0) is 16.6 Å². The molecular formula is C30H30FNO3. The van der Waals surface area contributed by atoms with Crippen molar-refractivity contribution in [2.24, 2.45) is 11.8 Å². The van der Waals surface area contributed by atoms with Gasteiger partial charge in [-0.05, 0) is 77.1 Å². The van der Waals surface area contributed by atoms with Crippen molar-refractivity contribution >= 4 is 17.6 Å². The lowest BCUT2D eigenvalue weighted by Crippen LogP contribution is -2.37. The topological polar surface area (TPSA) is 59.4 Å². The second-order valence-electron chi connectivity index (χ2n) is 9.98. The fourth-order valence-corrected chi connectivity index (χ4v) is 5.47. The number of aliphatic carboxylic acids is 1. The number of halogens is 1. The Kier molecular flexibility index (Phi) is 5.96. The Bertz CT molecular complexity index is 1330. The van der Waals surface area contributed by atoms with E-state index in [1.165, 1.54) is 5.56 Å². The minimum atomic E-state index is -0.762. The summed E-state index contributed by atoms with van der Waals surface area (Å²) < 4.78 is 20.5. The first-order valence-corrected chi connectivity index (χ1v) is 12.2. The van der Waals surface area contributed by atoms with Crippen LogP contribution in [0.15, 0.2) is 54.7 Å². The molecule has 0 unspecified atom stereocenters. The number of methoxy groups -OCH3 is 1. The van der Waals surface area contributed by atoms with Crippen molar-refractivity contribution in [3.05, 3.63) is 82.8 Å². The quantitative estimate of drug-likeness (QED) is 0.413. The number of nitrogens with zero attached hydrogens (tertiary/aromatic N) is 1. The van der Waals surface area contributed by atoms with Gasteiger partial charge >= 0.3 is 5.97 Å². The Morgan fingerprint density at radius 2 is 1.89 bits per heavy atom. The minimum Gasteiger partial charge on any atom is -0.481 e. The highest BCUT2D eigenvalue weighted by molar-refractivity contribution is 5.85. The molecule has 1 N–H and O–H groups in total. The number of ether oxygens (including phenoxy) is 1. The number of fused-ring (bicyclic) bond motifs is 1. The molecule has 180 valence electrons. The lowest BCUT2D eigenvalue weighted by atomic mass is 9.68. The number of aryl methyl sites for hydroxylation is 1. The van der Waals surface area contributed by atoms with Crippen LogP contribution < -0.4 is 4.74 Å². The zero-order valence-electron chi connectivity index (χ0n) is 20.3. The van der Waals surface area contributed by atoms with Gasteiger partial charge in [-0.3, -0.25) is 4.79 Å². The molecule has 0 saturated heterocycles. The summed E-state index contributed by atoms with van der Waals surface area (Å²) >= 11 is 0. The molecule has 1 fully saturated rings. The second kappa shape index (κ2) is 8.95. The van der Waals surface area contributed by atoms with Gasteiger partial charge in [-0.25, -0.2) is 9.37 Å². The number of hydrogen-bond acceptors (Lipinski definition) is 3. The van der Waals surface area contributed by atoms with Crippen molar-refractivity contribution in [1.29, 1.82) is 0 Å². The summed E-state index contributed by atoms with van der Waals surface area (Å²) in [4.78, 5) is 16.0. The zero-order chi connectivity index (χ0) is 24.7. The van der Waals surface area contributed by atoms with Gasteiger partial charge in [-0.2, -0.15) is 0 Å². The van der Waals surface area contributed by atoms with Crippen molar-refractivity contribution < 1.29 is 19.0 Å². The van der Waals surface area contributed by atoms with Gasteiger partial charge in [0.05, 0.1) is 13.0 Å². The third kappa shape index (κ3) is 4.24. The van der Waals surface area contributed by atoms with E-state index < -0.39 is 17.3 Å². The van der Waals surface area contributed by atoms with Gasteiger partial charge in [0.1, 0.15) is 5.82 Å². The molecule has 0 amide bonds. The first-order chi connectivity index (χ1) is 16.8. The van der Waals surface area contributed by atoms with E-state index in [0.717, 1.165) is 53.5 Å². The lowest BCUT2D eigenvalue weighted by Gasteiger charge is -2.35. The van der Waals surface area contributed by atoms with Crippen LogP contribution in [0.25, 0.3) is 22.8 Å². The molecule has 5 heteroatoms. The summed E-state index contributed by atoms with van der Waals surface area (Å²) in [6.07, 6.45) is 7.45. The smallest absolute Gasteiger partial charge is 0.307 e. The minimum absolute atomic E-state index is 0.258. The molecule has 2 aromatic carbocycles. The van der Waals surface area contributed by atoms with Crippen LogP contribution in [0.4, 0.5) is 4.39 Å². The summed E-state index contributed by atoms with van der Waals surface area (Å²) in [5.41, 5.74) is 6.13. The summed E-state index contributed by atoms with van der Waals surface area (Å²) in [5, 5.41) is 9.79. The Morgan fingerprint density at radius 3 is 2.57 bits per heavy atom. The number of aromatic nitrogens is 1. The van der Waals surface area contributed by atoms with Gasteiger partial charge < -0.3 is 9.84 Å². The van der Waals surface area contributed by atoms with E-state index in [2.05, 4.69) is 36.2 Å². The van der Waals surface area contributed by atoms with Crippen LogP contribution in [-0.4, -0.2) is 23.2 Å². The Hall–Kier alpha value is -3.47. The number of rotatable bonds is 7. The third-order valence-corrected chi connectivity index (χ3v) is 8.05. The first kappa shape index (κ1) is 23.3. The van der Waals surface area contributed by atoms with Gasteiger partial charge in [-0.1, -0.05) is 50.3 Å². The second-order valence-corrected chi connectivity index (χ2v) is 9.98. The summed E-state index contributed by atoms with van der Waals surface area (Å²) in [6.45, 7) is 3.90. The van der Waals surface area contributed by atoms with Gasteiger partial charge in [0.15, 0.2) is 0 Å². The summed E-state index contributed by atoms with van der Waals surface area (Å²) in [5.74, 6) is -0.619. The molecule has 3 aromatic rings. The number of allylic oxidation sites excluding steroid dienone is 1. The van der Waals surface area contributed by atoms with Crippen LogP contribution in [0.1, 0.15) is 55.4 Å². The molecule has 0 spiro atoms. The van der Waals surface area contributed by atoms with Crippen LogP contribution in [0, 0.1) is 17.7 Å². The molecular weight excluding hydrogens is 441 g/mol. The number of pyridine rings is 1. The molecule has 1 aromatic heterocycles. The highest BCUT2D eigenvalue weighted by Crippen LogP contribution is 2.52. The van der Waals surface area contributed by atoms with Crippen molar-refractivity contribution in [2.75, 3.05) is 7.11 Å². The first-order valence-electron chi connectivity index (χ1n) is 12.2. The van der Waals surface area contributed by atoms with Crippen LogP contribution in [0.2, 0.25) is 0 Å². The third-order valence-electron chi connectivity index (χ3n) is 8.05. The van der Waals surface area contributed by atoms with E-state index >= 15 is 4.39 Å². The maximum atomic E-state index is 15.3. The molecule has 2 aliphatic rings. The van der Waals surface area contributed by atoms with Crippen molar-refractivity contribution in [3.8, 4) is 17.0 Å². The molecule has 4 nitrogen and oxygen atoms in total. The average molecular weight is 472 g/mol. The Labute approximate surface area is 205 Å². The van der Waals surface area contributed by atoms with Gasteiger partial charge in [0.2, 0.25) is 5.88 Å². The molecule has 35 heavy (non-hydrogen) atoms. The number of carbonyl (C=O) groups is 1. The van der Waals surface area contributed by atoms with E-state index in [0.29, 0.717) is 17.4 Å². The van der Waals surface area contributed by atoms with E-state index in [-0.39, 0.29) is 5.82 Å². The summed E-state index contributed by atoms with van der Waals surface area (Å²) in [6, 6.07) is 15.3. The monoisotopic (exact) mass is 471 g/mol. The molecule has 5 rings (SSSR count). The molecule has 0 radical (unpaired) electrons. The van der Waals surface area contributed by atoms with Gasteiger partial charge in [0, 0.05) is 23.2 Å². The molecule has 2 aliphatic carbocycles. The summed E-state index contributed by atoms with van der Waals surface area (Å²) in [7, 11) is 1.56. The maximum absolute atomic E-state index is 15.3. The standard InChI is InChI=1S/C30H30FNO3/c1-18(29(33)34)30(2,24-9-10-24)25-8-6-19-4-5-22(14-23(19)15-25)26-11-7-20(16-27(26)31)21-12-13-32-28(17-21)35-3/h6-8,11-18,24H,4-5,9-10H2,1-3H3,(H,33,34)/t18-,30+/m1/s1. The molecule has 0 aliphatic heterocycles. The lowest BCUT2D eigenvalue weighted by molar-refractivity contribution is -0.143. The molecule has 1 heterocycles. The highest BCUT2D eigenvalue weighted by Gasteiger charge is 2.49. The SMILES string of the molecule is COc1cc(-c2ccc(C3=Cc4cc([C@](C)(C5CC5)[C@H](C)C(=O)O)ccc4CC3)c(F)c2)ccn1. The number of carboxylic acids is 1.